The summed E-state index contributed by atoms with van der Waals surface area (Å²) in [5.74, 6) is 0. The maximum Gasteiger partial charge on any atom is 4.00 e. The van der Waals surface area contributed by atoms with E-state index in [1.54, 1.807) is 0 Å². The van der Waals surface area contributed by atoms with E-state index in [2.05, 4.69) is 0 Å². The third-order valence-corrected chi connectivity index (χ3v) is 0. The second-order valence-corrected chi connectivity index (χ2v) is 0. The first-order valence-corrected chi connectivity index (χ1v) is 0. The van der Waals surface area contributed by atoms with Crippen molar-refractivity contribution in [2.75, 3.05) is 0 Å². The molecular weight excluding hydrogens is 368 g/mol. The Morgan fingerprint density at radius 1 is 0.750 bits per heavy atom. The van der Waals surface area contributed by atoms with Crippen molar-refractivity contribution >= 4 is 0 Å². The molecule has 21 valence electrons. The van der Waals surface area contributed by atoms with Gasteiger partial charge < -0.3 is 11.0 Å². The number of hydrogen-bond acceptors (Lipinski definition) is 0. The van der Waals surface area contributed by atoms with Gasteiger partial charge in [-0.2, -0.15) is 0 Å². The van der Waals surface area contributed by atoms with E-state index in [0.717, 1.165) is 0 Å². The molecule has 0 aliphatic heterocycles. The fraction of sp³-hybridized carbons (Fsp3) is 0. The van der Waals surface area contributed by atoms with Gasteiger partial charge in [0.25, 0.3) is 0 Å². The van der Waals surface area contributed by atoms with Gasteiger partial charge in [0.05, 0.1) is 0 Å². The molecule has 0 amide bonds. The average molecular weight is 368 g/mol. The van der Waals surface area contributed by atoms with E-state index >= 15 is 0 Å². The zero-order chi connectivity index (χ0) is 0. The largest absolute Gasteiger partial charge is 4.00 e. The third kappa shape index (κ3) is 8.93. The minimum atomic E-state index is 0. The number of hydrogen-bond donors (Lipinski definition) is 0. The van der Waals surface area contributed by atoms with Crippen LogP contribution in [-0.2, 0) is 36.8 Å². The molecule has 0 aromatic heterocycles. The van der Waals surface area contributed by atoms with Crippen LogP contribution in [0.5, 0.6) is 0 Å². The Hall–Kier alpha value is 2.11. The van der Waals surface area contributed by atoms with Gasteiger partial charge in [0.15, 0.2) is 0 Å². The summed E-state index contributed by atoms with van der Waals surface area (Å²) in [6.07, 6.45) is 0. The molecule has 0 saturated carbocycles. The first-order valence-electron chi connectivity index (χ1n) is 0. The summed E-state index contributed by atoms with van der Waals surface area (Å²) in [5.41, 5.74) is 0. The van der Waals surface area contributed by atoms with Gasteiger partial charge in [-0.25, -0.2) is 0 Å². The fourth-order valence-corrected chi connectivity index (χ4v) is 0. The van der Waals surface area contributed by atoms with Gasteiger partial charge in [0.2, 0.25) is 0 Å². The monoisotopic (exact) mass is 370 g/mol. The molecule has 0 aromatic rings. The van der Waals surface area contributed by atoms with Crippen molar-refractivity contribution in [2.24, 2.45) is 0 Å². The van der Waals surface area contributed by atoms with E-state index in [0.29, 0.717) is 0 Å². The maximum atomic E-state index is 0. The van der Waals surface area contributed by atoms with Crippen molar-refractivity contribution in [1.29, 1.82) is 0 Å². The van der Waals surface area contributed by atoms with Crippen LogP contribution < -0.4 is 0 Å². The minimum Gasteiger partial charge on any atom is -2.00 e. The van der Waals surface area contributed by atoms with Gasteiger partial charge >= 0.3 is 65.8 Å². The first-order chi connectivity index (χ1) is 0. The Balaban J connectivity index is 0. The molecule has 0 atom stereocenters. The van der Waals surface area contributed by atoms with E-state index in [1.165, 1.54) is 0 Å². The molecule has 2 nitrogen and oxygen atoms in total. The summed E-state index contributed by atoms with van der Waals surface area (Å²) in [6, 6.07) is 0. The molecular formula is GdHfO2+3. The van der Waals surface area contributed by atoms with Crippen LogP contribution in [0.3, 0.4) is 0 Å². The van der Waals surface area contributed by atoms with Crippen LogP contribution in [0.2, 0.25) is 0 Å². The molecule has 4 heteroatoms. The van der Waals surface area contributed by atoms with Crippen LogP contribution in [0, 0.1) is 39.9 Å². The van der Waals surface area contributed by atoms with E-state index in [1.807, 2.05) is 0 Å². The van der Waals surface area contributed by atoms with Crippen LogP contribution in [0.25, 0.3) is 0 Å². The fourth-order valence-electron chi connectivity index (χ4n) is 0. The molecule has 0 heterocycles. The molecule has 0 unspecified atom stereocenters. The van der Waals surface area contributed by atoms with E-state index in [-0.39, 0.29) is 76.7 Å². The molecule has 0 N–H and O–H groups in total. The average Bonchev–Trinajstić information content (AvgIpc) is 0. The molecule has 0 aliphatic carbocycles. The summed E-state index contributed by atoms with van der Waals surface area (Å²) >= 11 is 0. The van der Waals surface area contributed by atoms with Crippen molar-refractivity contribution in [1.82, 2.24) is 0 Å². The second-order valence-electron chi connectivity index (χ2n) is 0. The quantitative estimate of drug-likeness (QED) is 0.531. The van der Waals surface area contributed by atoms with Gasteiger partial charge in [-0.3, -0.25) is 0 Å². The van der Waals surface area contributed by atoms with Crippen molar-refractivity contribution in [3.63, 3.8) is 0 Å². The Kier molecular flexibility index (Phi) is 173. The smallest absolute Gasteiger partial charge is 2.00 e. The summed E-state index contributed by atoms with van der Waals surface area (Å²) in [4.78, 5) is 0. The molecule has 1 radical (unpaired) electrons. The molecule has 0 spiro atoms. The normalized spacial score (nSPS) is 0. The SMILES string of the molecule is [Gd+3].[Hf+4].[O-2].[O-2]. The Morgan fingerprint density at radius 2 is 0.750 bits per heavy atom. The first kappa shape index (κ1) is 35.8. The van der Waals surface area contributed by atoms with Crippen LogP contribution in [0.4, 0.5) is 0 Å². The number of rotatable bonds is 0. The van der Waals surface area contributed by atoms with Crippen LogP contribution in [0.1, 0.15) is 0 Å². The van der Waals surface area contributed by atoms with E-state index in [9.17, 15) is 0 Å². The predicted molar refractivity (Wildman–Crippen MR) is 1.37 cm³/mol. The topological polar surface area (TPSA) is 57.0 Å². The van der Waals surface area contributed by atoms with Gasteiger partial charge in [0.1, 0.15) is 0 Å². The van der Waals surface area contributed by atoms with E-state index < -0.39 is 0 Å². The Morgan fingerprint density at radius 3 is 0.750 bits per heavy atom. The Bertz CT molecular complexity index is 6.00. The Labute approximate surface area is 75.4 Å². The van der Waals surface area contributed by atoms with E-state index in [4.69, 9.17) is 0 Å². The predicted octanol–water partition coefficient (Wildman–Crippen LogP) is -0.240. The summed E-state index contributed by atoms with van der Waals surface area (Å²) in [7, 11) is 0. The molecule has 4 heavy (non-hydrogen) atoms. The summed E-state index contributed by atoms with van der Waals surface area (Å²) in [6.45, 7) is 0. The maximum absolute atomic E-state index is 0. The molecule has 0 bridgehead atoms. The van der Waals surface area contributed by atoms with Crippen molar-refractivity contribution in [2.45, 2.75) is 0 Å². The van der Waals surface area contributed by atoms with Gasteiger partial charge in [-0.15, -0.1) is 0 Å². The molecule has 0 fully saturated rings. The van der Waals surface area contributed by atoms with Crippen molar-refractivity contribution in [3.8, 4) is 0 Å². The summed E-state index contributed by atoms with van der Waals surface area (Å²) < 4.78 is 0. The summed E-state index contributed by atoms with van der Waals surface area (Å²) in [5, 5.41) is 0. The third-order valence-electron chi connectivity index (χ3n) is 0. The van der Waals surface area contributed by atoms with Crippen LogP contribution in [-0.4, -0.2) is 0 Å². The minimum absolute atomic E-state index is 0. The van der Waals surface area contributed by atoms with Crippen molar-refractivity contribution < 1.29 is 76.7 Å². The van der Waals surface area contributed by atoms with Gasteiger partial charge in [-0.05, 0) is 0 Å². The molecule has 0 aromatic carbocycles. The molecule has 0 rings (SSSR count). The van der Waals surface area contributed by atoms with Gasteiger partial charge in [-0.1, -0.05) is 0 Å². The van der Waals surface area contributed by atoms with Gasteiger partial charge in [0, 0.05) is 0 Å². The zero-order valence-electron chi connectivity index (χ0n) is 1.67. The standard InChI is InChI=1S/Gd.Hf.2O/q+3;+4;2*-2. The molecule has 0 saturated heterocycles. The van der Waals surface area contributed by atoms with Crippen LogP contribution >= 0.6 is 0 Å². The van der Waals surface area contributed by atoms with Crippen LogP contribution in [0.15, 0.2) is 0 Å². The van der Waals surface area contributed by atoms with Crippen molar-refractivity contribution in [3.05, 3.63) is 0 Å². The molecule has 0 aliphatic rings. The second kappa shape index (κ2) is 19.4. The zero-order valence-corrected chi connectivity index (χ0v) is 7.53.